The second-order valence-electron chi connectivity index (χ2n) is 3.82. The Morgan fingerprint density at radius 3 is 2.65 bits per heavy atom. The first-order valence-corrected chi connectivity index (χ1v) is 6.31. The first-order valence-electron chi connectivity index (χ1n) is 5.52. The van der Waals surface area contributed by atoms with Gasteiger partial charge >= 0.3 is 0 Å². The summed E-state index contributed by atoms with van der Waals surface area (Å²) in [6.07, 6.45) is 0.924. The van der Waals surface area contributed by atoms with E-state index in [9.17, 15) is 5.11 Å². The lowest BCUT2D eigenvalue weighted by Gasteiger charge is -2.08. The Kier molecular flexibility index (Phi) is 4.04. The molecular weight excluding hydrogens is 278 g/mol. The summed E-state index contributed by atoms with van der Waals surface area (Å²) in [5.41, 5.74) is 2.05. The van der Waals surface area contributed by atoms with Crippen LogP contribution in [0.25, 0.3) is 0 Å². The van der Waals surface area contributed by atoms with Gasteiger partial charge in [-0.2, -0.15) is 0 Å². The topological polar surface area (TPSA) is 32.3 Å². The molecule has 3 heteroatoms. The molecule has 0 spiro atoms. The van der Waals surface area contributed by atoms with Gasteiger partial charge in [-0.05, 0) is 36.2 Å². The zero-order valence-electron chi connectivity index (χ0n) is 9.36. The van der Waals surface area contributed by atoms with Crippen molar-refractivity contribution >= 4 is 21.6 Å². The normalized spacial score (nSPS) is 10.2. The van der Waals surface area contributed by atoms with Gasteiger partial charge in [0.2, 0.25) is 0 Å². The molecule has 2 N–H and O–H groups in total. The van der Waals surface area contributed by atoms with Crippen molar-refractivity contribution in [2.75, 3.05) is 11.9 Å². The molecule has 0 aromatic heterocycles. The third-order valence-corrected chi connectivity index (χ3v) is 3.02. The van der Waals surface area contributed by atoms with E-state index in [1.807, 2.05) is 30.3 Å². The predicted molar refractivity (Wildman–Crippen MR) is 74.4 cm³/mol. The molecule has 0 aliphatic rings. The maximum absolute atomic E-state index is 9.58. The van der Waals surface area contributed by atoms with Crippen LogP contribution >= 0.6 is 15.9 Å². The van der Waals surface area contributed by atoms with Crippen molar-refractivity contribution in [3.8, 4) is 5.75 Å². The molecule has 0 fully saturated rings. The average Bonchev–Trinajstić information content (AvgIpc) is 2.32. The van der Waals surface area contributed by atoms with Crippen LogP contribution in [0.15, 0.2) is 53.0 Å². The highest BCUT2D eigenvalue weighted by Gasteiger charge is 1.98. The number of phenols is 1. The minimum Gasteiger partial charge on any atom is -0.506 e. The number of nitrogens with one attached hydrogen (secondary N) is 1. The number of para-hydroxylation sites is 2. The molecule has 17 heavy (non-hydrogen) atoms. The molecular formula is C14H14BrNO. The molecule has 0 aliphatic heterocycles. The van der Waals surface area contributed by atoms with Gasteiger partial charge < -0.3 is 10.4 Å². The van der Waals surface area contributed by atoms with Crippen LogP contribution in [0.3, 0.4) is 0 Å². The van der Waals surface area contributed by atoms with E-state index in [-0.39, 0.29) is 0 Å². The van der Waals surface area contributed by atoms with Gasteiger partial charge in [-0.3, -0.25) is 0 Å². The second kappa shape index (κ2) is 5.73. The summed E-state index contributed by atoms with van der Waals surface area (Å²) in [4.78, 5) is 0. The van der Waals surface area contributed by atoms with Gasteiger partial charge in [-0.25, -0.2) is 0 Å². The van der Waals surface area contributed by atoms with Crippen molar-refractivity contribution in [1.29, 1.82) is 0 Å². The van der Waals surface area contributed by atoms with Crippen LogP contribution in [-0.4, -0.2) is 11.7 Å². The van der Waals surface area contributed by atoms with Gasteiger partial charge in [0.25, 0.3) is 0 Å². The van der Waals surface area contributed by atoms with E-state index < -0.39 is 0 Å². The number of rotatable bonds is 4. The Balaban J connectivity index is 1.90. The molecule has 0 saturated heterocycles. The van der Waals surface area contributed by atoms with Crippen molar-refractivity contribution in [3.63, 3.8) is 0 Å². The number of anilines is 1. The van der Waals surface area contributed by atoms with Crippen LogP contribution in [0.5, 0.6) is 5.75 Å². The van der Waals surface area contributed by atoms with Crippen molar-refractivity contribution in [1.82, 2.24) is 0 Å². The number of halogens is 1. The maximum atomic E-state index is 9.58. The van der Waals surface area contributed by atoms with E-state index in [1.54, 1.807) is 6.07 Å². The maximum Gasteiger partial charge on any atom is 0.138 e. The van der Waals surface area contributed by atoms with E-state index in [2.05, 4.69) is 33.4 Å². The molecule has 0 unspecified atom stereocenters. The van der Waals surface area contributed by atoms with Crippen LogP contribution in [0.1, 0.15) is 5.56 Å². The number of benzene rings is 2. The smallest absolute Gasteiger partial charge is 0.138 e. The monoisotopic (exact) mass is 291 g/mol. The summed E-state index contributed by atoms with van der Waals surface area (Å²) < 4.78 is 1.09. The van der Waals surface area contributed by atoms with Gasteiger partial charge in [0.15, 0.2) is 0 Å². The van der Waals surface area contributed by atoms with Crippen molar-refractivity contribution < 1.29 is 5.11 Å². The van der Waals surface area contributed by atoms with E-state index in [0.29, 0.717) is 5.75 Å². The van der Waals surface area contributed by atoms with E-state index >= 15 is 0 Å². The quantitative estimate of drug-likeness (QED) is 0.840. The molecule has 2 aromatic carbocycles. The van der Waals surface area contributed by atoms with Crippen molar-refractivity contribution in [2.24, 2.45) is 0 Å². The molecule has 88 valence electrons. The first-order chi connectivity index (χ1) is 8.25. The first kappa shape index (κ1) is 12.0. The highest BCUT2D eigenvalue weighted by Crippen LogP contribution is 2.21. The summed E-state index contributed by atoms with van der Waals surface area (Å²) in [5.74, 6) is 0.293. The molecule has 0 aliphatic carbocycles. The third kappa shape index (κ3) is 3.49. The van der Waals surface area contributed by atoms with Crippen LogP contribution in [0, 0.1) is 0 Å². The second-order valence-corrected chi connectivity index (χ2v) is 4.74. The van der Waals surface area contributed by atoms with E-state index in [0.717, 1.165) is 23.1 Å². The Morgan fingerprint density at radius 1 is 1.06 bits per heavy atom. The fraction of sp³-hybridized carbons (Fsp3) is 0.143. The predicted octanol–water partition coefficient (Wildman–Crippen LogP) is 3.81. The van der Waals surface area contributed by atoms with Gasteiger partial charge in [0.1, 0.15) is 5.75 Å². The minimum atomic E-state index is 0.293. The van der Waals surface area contributed by atoms with Crippen LogP contribution in [-0.2, 0) is 6.42 Å². The molecule has 2 rings (SSSR count). The number of hydrogen-bond acceptors (Lipinski definition) is 2. The van der Waals surface area contributed by atoms with Gasteiger partial charge in [0.05, 0.1) is 5.69 Å². The molecule has 2 aromatic rings. The lowest BCUT2D eigenvalue weighted by molar-refractivity contribution is 0.477. The molecule has 2 nitrogen and oxygen atoms in total. The lowest BCUT2D eigenvalue weighted by atomic mass is 10.1. The van der Waals surface area contributed by atoms with E-state index in [1.165, 1.54) is 5.56 Å². The molecule has 0 saturated carbocycles. The summed E-state index contributed by atoms with van der Waals surface area (Å²) in [6, 6.07) is 15.5. The molecule has 0 radical (unpaired) electrons. The SMILES string of the molecule is Oc1ccccc1NCCc1cccc(Br)c1. The Bertz CT molecular complexity index is 499. The number of phenolic OH excluding ortho intramolecular Hbond substituents is 1. The Morgan fingerprint density at radius 2 is 1.88 bits per heavy atom. The number of hydrogen-bond donors (Lipinski definition) is 2. The highest BCUT2D eigenvalue weighted by atomic mass is 79.9. The Labute approximate surface area is 109 Å². The number of aromatic hydroxyl groups is 1. The van der Waals surface area contributed by atoms with Crippen molar-refractivity contribution in [2.45, 2.75) is 6.42 Å². The zero-order chi connectivity index (χ0) is 12.1. The zero-order valence-corrected chi connectivity index (χ0v) is 10.9. The largest absolute Gasteiger partial charge is 0.506 e. The molecule has 0 atom stereocenters. The highest BCUT2D eigenvalue weighted by molar-refractivity contribution is 9.10. The van der Waals surface area contributed by atoms with Crippen molar-refractivity contribution in [3.05, 3.63) is 58.6 Å². The lowest BCUT2D eigenvalue weighted by Crippen LogP contribution is -2.04. The van der Waals surface area contributed by atoms with Crippen LogP contribution in [0.4, 0.5) is 5.69 Å². The summed E-state index contributed by atoms with van der Waals surface area (Å²) in [6.45, 7) is 0.800. The van der Waals surface area contributed by atoms with Crippen LogP contribution in [0.2, 0.25) is 0 Å². The fourth-order valence-electron chi connectivity index (χ4n) is 1.66. The summed E-state index contributed by atoms with van der Waals surface area (Å²) in [5, 5.41) is 12.8. The summed E-state index contributed by atoms with van der Waals surface area (Å²) in [7, 11) is 0. The Hall–Kier alpha value is -1.48. The molecule has 0 bridgehead atoms. The summed E-state index contributed by atoms with van der Waals surface area (Å²) >= 11 is 3.45. The van der Waals surface area contributed by atoms with Gasteiger partial charge in [-0.15, -0.1) is 0 Å². The average molecular weight is 292 g/mol. The van der Waals surface area contributed by atoms with Gasteiger partial charge in [-0.1, -0.05) is 40.2 Å². The molecule has 0 amide bonds. The minimum absolute atomic E-state index is 0.293. The van der Waals surface area contributed by atoms with Crippen LogP contribution < -0.4 is 5.32 Å². The molecule has 0 heterocycles. The van der Waals surface area contributed by atoms with Gasteiger partial charge in [0, 0.05) is 11.0 Å². The third-order valence-electron chi connectivity index (χ3n) is 2.52. The fourth-order valence-corrected chi connectivity index (χ4v) is 2.10. The standard InChI is InChI=1S/C14H14BrNO/c15-12-5-3-4-11(10-12)8-9-16-13-6-1-2-7-14(13)17/h1-7,10,16-17H,8-9H2. The van der Waals surface area contributed by atoms with E-state index in [4.69, 9.17) is 0 Å².